The van der Waals surface area contributed by atoms with E-state index in [1.54, 1.807) is 11.3 Å². The van der Waals surface area contributed by atoms with E-state index in [-0.39, 0.29) is 0 Å². The summed E-state index contributed by atoms with van der Waals surface area (Å²) in [6.45, 7) is 0.701. The van der Waals surface area contributed by atoms with Gasteiger partial charge >= 0.3 is 0 Å². The minimum atomic E-state index is -0.617. The van der Waals surface area contributed by atoms with Crippen molar-refractivity contribution in [3.05, 3.63) is 47.6 Å². The minimum Gasteiger partial charge on any atom is -0.493 e. The van der Waals surface area contributed by atoms with Crippen molar-refractivity contribution < 1.29 is 9.84 Å². The van der Waals surface area contributed by atoms with Gasteiger partial charge in [-0.3, -0.25) is 0 Å². The molecule has 1 atom stereocenters. The number of thiophene rings is 1. The minimum absolute atomic E-state index is 0.617. The SMILES string of the molecule is OC(c1csc(I)c1)c1cc(Br)cc2c1OCC2. The lowest BCUT2D eigenvalue weighted by Crippen LogP contribution is -2.01. The molecule has 1 N–H and O–H groups in total. The molecular formula is C13H10BrIO2S. The molecule has 1 aromatic carbocycles. The number of benzene rings is 1. The molecule has 0 bridgehead atoms. The molecule has 18 heavy (non-hydrogen) atoms. The molecule has 0 amide bonds. The number of fused-ring (bicyclic) bond motifs is 1. The Morgan fingerprint density at radius 2 is 2.22 bits per heavy atom. The van der Waals surface area contributed by atoms with E-state index < -0.39 is 6.10 Å². The zero-order valence-corrected chi connectivity index (χ0v) is 13.9. The number of hydrogen-bond donors (Lipinski definition) is 1. The first-order valence-corrected chi connectivity index (χ1v) is 8.27. The summed E-state index contributed by atoms with van der Waals surface area (Å²) in [6.07, 6.45) is 0.296. The van der Waals surface area contributed by atoms with Crippen LogP contribution in [-0.4, -0.2) is 11.7 Å². The predicted octanol–water partition coefficient (Wildman–Crippen LogP) is 4.13. The number of aliphatic hydroxyl groups is 1. The molecule has 0 saturated carbocycles. The summed E-state index contributed by atoms with van der Waals surface area (Å²) in [5, 5.41) is 12.5. The number of rotatable bonds is 2. The second kappa shape index (κ2) is 5.11. The first-order chi connectivity index (χ1) is 8.65. The maximum Gasteiger partial charge on any atom is 0.128 e. The van der Waals surface area contributed by atoms with Gasteiger partial charge in [-0.2, -0.15) is 0 Å². The topological polar surface area (TPSA) is 29.5 Å². The number of ether oxygens (including phenoxy) is 1. The van der Waals surface area contributed by atoms with Gasteiger partial charge in [-0.25, -0.2) is 0 Å². The van der Waals surface area contributed by atoms with E-state index in [0.717, 1.165) is 27.8 Å². The van der Waals surface area contributed by atoms with E-state index in [1.807, 2.05) is 17.5 Å². The summed E-state index contributed by atoms with van der Waals surface area (Å²) in [5.41, 5.74) is 2.95. The smallest absolute Gasteiger partial charge is 0.128 e. The van der Waals surface area contributed by atoms with Crippen LogP contribution in [0.15, 0.2) is 28.1 Å². The highest BCUT2D eigenvalue weighted by molar-refractivity contribution is 14.1. The fraction of sp³-hybridized carbons (Fsp3) is 0.231. The van der Waals surface area contributed by atoms with Crippen LogP contribution >= 0.6 is 49.9 Å². The molecule has 0 aliphatic carbocycles. The first-order valence-electron chi connectivity index (χ1n) is 5.52. The van der Waals surface area contributed by atoms with Crippen LogP contribution in [-0.2, 0) is 6.42 Å². The van der Waals surface area contributed by atoms with Gasteiger partial charge in [0.25, 0.3) is 0 Å². The Kier molecular flexibility index (Phi) is 3.66. The van der Waals surface area contributed by atoms with Crippen LogP contribution in [0.4, 0.5) is 0 Å². The standard InChI is InChI=1S/C13H10BrIO2S/c14-9-3-7-1-2-17-13(7)10(5-9)12(16)8-4-11(15)18-6-8/h3-6,12,16H,1-2H2. The summed E-state index contributed by atoms with van der Waals surface area (Å²) >= 11 is 7.40. The van der Waals surface area contributed by atoms with Crippen molar-refractivity contribution in [2.75, 3.05) is 6.61 Å². The molecule has 0 fully saturated rings. The van der Waals surface area contributed by atoms with Gasteiger partial charge in [0.15, 0.2) is 0 Å². The summed E-state index contributed by atoms with van der Waals surface area (Å²) in [6, 6.07) is 6.02. The monoisotopic (exact) mass is 436 g/mol. The molecular weight excluding hydrogens is 427 g/mol. The van der Waals surface area contributed by atoms with Crippen LogP contribution < -0.4 is 4.74 Å². The van der Waals surface area contributed by atoms with E-state index in [0.29, 0.717) is 6.61 Å². The molecule has 1 aliphatic heterocycles. The Morgan fingerprint density at radius 3 is 2.94 bits per heavy atom. The number of hydrogen-bond acceptors (Lipinski definition) is 3. The number of aliphatic hydroxyl groups excluding tert-OH is 1. The molecule has 2 aromatic rings. The van der Waals surface area contributed by atoms with Crippen LogP contribution in [0.25, 0.3) is 0 Å². The van der Waals surface area contributed by atoms with Gasteiger partial charge in [0, 0.05) is 16.5 Å². The van der Waals surface area contributed by atoms with Gasteiger partial charge in [0.1, 0.15) is 11.9 Å². The fourth-order valence-corrected chi connectivity index (χ4v) is 4.06. The van der Waals surface area contributed by atoms with E-state index in [1.165, 1.54) is 8.45 Å². The molecule has 3 rings (SSSR count). The molecule has 0 spiro atoms. The Hall–Kier alpha value is -0.110. The summed E-state index contributed by atoms with van der Waals surface area (Å²) in [4.78, 5) is 0. The van der Waals surface area contributed by atoms with Crippen molar-refractivity contribution in [1.29, 1.82) is 0 Å². The highest BCUT2D eigenvalue weighted by Crippen LogP contribution is 2.39. The molecule has 94 valence electrons. The van der Waals surface area contributed by atoms with E-state index in [4.69, 9.17) is 4.74 Å². The summed E-state index contributed by atoms with van der Waals surface area (Å²) in [5.74, 6) is 0.854. The third kappa shape index (κ3) is 2.33. The third-order valence-corrected chi connectivity index (χ3v) is 5.24. The van der Waals surface area contributed by atoms with Crippen molar-refractivity contribution in [3.8, 4) is 5.75 Å². The molecule has 0 saturated heterocycles. The molecule has 1 unspecified atom stereocenters. The Balaban J connectivity index is 2.06. The normalized spacial score (nSPS) is 15.3. The Labute approximate surface area is 131 Å². The first kappa shape index (κ1) is 12.9. The zero-order chi connectivity index (χ0) is 12.7. The summed E-state index contributed by atoms with van der Waals surface area (Å²) in [7, 11) is 0. The predicted molar refractivity (Wildman–Crippen MR) is 84.4 cm³/mol. The summed E-state index contributed by atoms with van der Waals surface area (Å²) < 4.78 is 7.82. The molecule has 1 aliphatic rings. The van der Waals surface area contributed by atoms with Gasteiger partial charge < -0.3 is 9.84 Å². The lowest BCUT2D eigenvalue weighted by Gasteiger charge is -2.14. The second-order valence-electron chi connectivity index (χ2n) is 4.17. The van der Waals surface area contributed by atoms with Crippen LogP contribution in [0, 0.1) is 2.88 Å². The fourth-order valence-electron chi connectivity index (χ4n) is 2.15. The van der Waals surface area contributed by atoms with Crippen LogP contribution in [0.2, 0.25) is 0 Å². The maximum atomic E-state index is 10.5. The van der Waals surface area contributed by atoms with Crippen molar-refractivity contribution >= 4 is 49.9 Å². The Morgan fingerprint density at radius 1 is 1.39 bits per heavy atom. The van der Waals surface area contributed by atoms with E-state index in [2.05, 4.69) is 44.6 Å². The lowest BCUT2D eigenvalue weighted by atomic mass is 10.0. The average molecular weight is 437 g/mol. The zero-order valence-electron chi connectivity index (χ0n) is 9.32. The van der Waals surface area contributed by atoms with Crippen molar-refractivity contribution in [3.63, 3.8) is 0 Å². The Bertz CT molecular complexity index is 597. The van der Waals surface area contributed by atoms with Gasteiger partial charge in [-0.05, 0) is 57.3 Å². The van der Waals surface area contributed by atoms with Crippen LogP contribution in [0.1, 0.15) is 22.8 Å². The number of halogens is 2. The second-order valence-corrected chi connectivity index (χ2v) is 7.89. The van der Waals surface area contributed by atoms with E-state index in [9.17, 15) is 5.11 Å². The quantitative estimate of drug-likeness (QED) is 0.717. The highest BCUT2D eigenvalue weighted by Gasteiger charge is 2.23. The van der Waals surface area contributed by atoms with Crippen molar-refractivity contribution in [2.24, 2.45) is 0 Å². The van der Waals surface area contributed by atoms with Crippen molar-refractivity contribution in [2.45, 2.75) is 12.5 Å². The highest BCUT2D eigenvalue weighted by atomic mass is 127. The largest absolute Gasteiger partial charge is 0.493 e. The molecule has 0 radical (unpaired) electrons. The van der Waals surface area contributed by atoms with E-state index >= 15 is 0 Å². The van der Waals surface area contributed by atoms with Gasteiger partial charge in [-0.15, -0.1) is 11.3 Å². The molecule has 2 nitrogen and oxygen atoms in total. The molecule has 2 heterocycles. The van der Waals surface area contributed by atoms with Crippen LogP contribution in [0.5, 0.6) is 5.75 Å². The molecule has 5 heteroatoms. The maximum absolute atomic E-state index is 10.5. The van der Waals surface area contributed by atoms with Crippen LogP contribution in [0.3, 0.4) is 0 Å². The van der Waals surface area contributed by atoms with Crippen molar-refractivity contribution in [1.82, 2.24) is 0 Å². The third-order valence-electron chi connectivity index (χ3n) is 2.98. The van der Waals surface area contributed by atoms with Gasteiger partial charge in [0.2, 0.25) is 0 Å². The van der Waals surface area contributed by atoms with Gasteiger partial charge in [-0.1, -0.05) is 15.9 Å². The average Bonchev–Trinajstić information content (AvgIpc) is 2.95. The van der Waals surface area contributed by atoms with Gasteiger partial charge in [0.05, 0.1) is 9.49 Å². The lowest BCUT2D eigenvalue weighted by molar-refractivity contribution is 0.214. The molecule has 1 aromatic heterocycles.